The van der Waals surface area contributed by atoms with E-state index < -0.39 is 12.2 Å². The topological polar surface area (TPSA) is 60.7 Å². The molecule has 0 saturated heterocycles. The van der Waals surface area contributed by atoms with Gasteiger partial charge in [0.25, 0.3) is 0 Å². The van der Waals surface area contributed by atoms with Crippen LogP contribution in [0.3, 0.4) is 0 Å². The molecule has 0 spiro atoms. The molecule has 6 atom stereocenters. The Morgan fingerprint density at radius 1 is 1.24 bits per heavy atom. The molecule has 0 unspecified atom stereocenters. The first-order valence-corrected chi connectivity index (χ1v) is 11.6. The number of hydrogen-bond donors (Lipinski definition) is 3. The Hall–Kier alpha value is -1.16. The van der Waals surface area contributed by atoms with E-state index in [9.17, 15) is 10.2 Å². The molecule has 3 aliphatic rings. The van der Waals surface area contributed by atoms with Crippen molar-refractivity contribution in [3.63, 3.8) is 0 Å². The number of aliphatic hydroxyl groups excluding tert-OH is 3. The predicted octanol–water partition coefficient (Wildman–Crippen LogP) is 5.09. The van der Waals surface area contributed by atoms with E-state index in [1.807, 2.05) is 0 Å². The first kappa shape index (κ1) is 22.5. The summed E-state index contributed by atoms with van der Waals surface area (Å²) >= 11 is 0. The van der Waals surface area contributed by atoms with Crippen molar-refractivity contribution in [2.45, 2.75) is 84.3 Å². The van der Waals surface area contributed by atoms with Crippen LogP contribution in [0.15, 0.2) is 47.1 Å². The molecule has 3 nitrogen and oxygen atoms in total. The molecular weight excluding hydrogens is 360 g/mol. The Morgan fingerprint density at radius 2 is 2.00 bits per heavy atom. The average molecular weight is 401 g/mol. The van der Waals surface area contributed by atoms with Gasteiger partial charge in [0.05, 0.1) is 6.10 Å². The molecule has 0 aromatic rings. The minimum Gasteiger partial charge on any atom is -0.396 e. The van der Waals surface area contributed by atoms with Gasteiger partial charge in [-0.3, -0.25) is 0 Å². The van der Waals surface area contributed by atoms with Gasteiger partial charge in [-0.25, -0.2) is 0 Å². The monoisotopic (exact) mass is 400 g/mol. The van der Waals surface area contributed by atoms with Crippen molar-refractivity contribution in [2.24, 2.45) is 23.2 Å². The molecule has 3 heteroatoms. The Kier molecular flexibility index (Phi) is 7.24. The van der Waals surface area contributed by atoms with E-state index in [0.29, 0.717) is 35.3 Å². The summed E-state index contributed by atoms with van der Waals surface area (Å²) in [6.45, 7) is 11.4. The summed E-state index contributed by atoms with van der Waals surface area (Å²) in [6, 6.07) is 0. The number of allylic oxidation sites excluding steroid dienone is 3. The normalized spacial score (nSPS) is 40.6. The van der Waals surface area contributed by atoms with Gasteiger partial charge in [-0.05, 0) is 78.4 Å². The molecule has 0 amide bonds. The van der Waals surface area contributed by atoms with Crippen LogP contribution in [0.4, 0.5) is 0 Å². The maximum atomic E-state index is 10.6. The third kappa shape index (κ3) is 4.33. The summed E-state index contributed by atoms with van der Waals surface area (Å²) < 4.78 is 0. The third-order valence-corrected chi connectivity index (χ3v) is 8.23. The molecule has 162 valence electrons. The fourth-order valence-corrected chi connectivity index (χ4v) is 6.38. The van der Waals surface area contributed by atoms with Crippen molar-refractivity contribution in [1.29, 1.82) is 0 Å². The van der Waals surface area contributed by atoms with Crippen molar-refractivity contribution >= 4 is 0 Å². The molecule has 0 aromatic carbocycles. The first-order valence-electron chi connectivity index (χ1n) is 11.6. The van der Waals surface area contributed by atoms with Crippen LogP contribution in [0.5, 0.6) is 0 Å². The average Bonchev–Trinajstić information content (AvgIpc) is 3.06. The molecule has 3 rings (SSSR count). The van der Waals surface area contributed by atoms with Crippen molar-refractivity contribution in [3.05, 3.63) is 47.1 Å². The van der Waals surface area contributed by atoms with E-state index in [4.69, 9.17) is 5.11 Å². The quantitative estimate of drug-likeness (QED) is 0.563. The highest BCUT2D eigenvalue weighted by atomic mass is 16.3. The van der Waals surface area contributed by atoms with E-state index in [-0.39, 0.29) is 6.61 Å². The van der Waals surface area contributed by atoms with E-state index in [1.165, 1.54) is 32.1 Å². The summed E-state index contributed by atoms with van der Waals surface area (Å²) in [7, 11) is 0. The molecule has 0 aromatic heterocycles. The lowest BCUT2D eigenvalue weighted by Gasteiger charge is -2.44. The molecular formula is C26H40O3. The van der Waals surface area contributed by atoms with Crippen LogP contribution in [0.25, 0.3) is 0 Å². The molecule has 3 saturated carbocycles. The van der Waals surface area contributed by atoms with E-state index >= 15 is 0 Å². The second-order valence-electron chi connectivity index (χ2n) is 9.78. The van der Waals surface area contributed by atoms with Crippen LogP contribution in [-0.4, -0.2) is 34.1 Å². The van der Waals surface area contributed by atoms with Crippen LogP contribution in [-0.2, 0) is 0 Å². The molecule has 3 N–H and O–H groups in total. The highest BCUT2D eigenvalue weighted by Crippen LogP contribution is 2.59. The number of aliphatic hydroxyl groups is 3. The van der Waals surface area contributed by atoms with Crippen LogP contribution in [0.1, 0.15) is 72.1 Å². The zero-order valence-corrected chi connectivity index (χ0v) is 18.5. The van der Waals surface area contributed by atoms with Gasteiger partial charge in [-0.15, -0.1) is 0 Å². The number of hydrogen-bond acceptors (Lipinski definition) is 3. The highest BCUT2D eigenvalue weighted by Gasteiger charge is 2.50. The maximum Gasteiger partial charge on any atom is 0.102 e. The molecule has 3 fully saturated rings. The van der Waals surface area contributed by atoms with Gasteiger partial charge in [-0.1, -0.05) is 57.6 Å². The summed E-state index contributed by atoms with van der Waals surface area (Å²) in [4.78, 5) is 0. The summed E-state index contributed by atoms with van der Waals surface area (Å²) in [6.07, 6.45) is 13.2. The lowest BCUT2D eigenvalue weighted by atomic mass is 9.61. The van der Waals surface area contributed by atoms with Gasteiger partial charge in [0, 0.05) is 13.0 Å². The third-order valence-electron chi connectivity index (χ3n) is 8.23. The van der Waals surface area contributed by atoms with E-state index in [2.05, 4.69) is 39.5 Å². The maximum absolute atomic E-state index is 10.6. The Labute approximate surface area is 176 Å². The lowest BCUT2D eigenvalue weighted by molar-refractivity contribution is 0.0961. The van der Waals surface area contributed by atoms with Gasteiger partial charge in [0.15, 0.2) is 0 Å². The fraction of sp³-hybridized carbons (Fsp3) is 0.692. The van der Waals surface area contributed by atoms with Crippen LogP contribution in [0.2, 0.25) is 0 Å². The van der Waals surface area contributed by atoms with E-state index in [1.54, 1.807) is 11.6 Å². The van der Waals surface area contributed by atoms with Gasteiger partial charge in [-0.2, -0.15) is 0 Å². The van der Waals surface area contributed by atoms with Crippen LogP contribution >= 0.6 is 0 Å². The van der Waals surface area contributed by atoms with Gasteiger partial charge in [0.1, 0.15) is 6.10 Å². The zero-order valence-electron chi connectivity index (χ0n) is 18.5. The van der Waals surface area contributed by atoms with Crippen molar-refractivity contribution in [2.75, 3.05) is 6.61 Å². The Morgan fingerprint density at radius 3 is 2.69 bits per heavy atom. The SMILES string of the molecule is C=C1/C(=C\C=C2/CCC[C@]3(C)[C@@H]([C@@H](C)CC)CC[C@@H]23)C[C@@H](O)/C(=C\CCO)[C@@H]1O. The van der Waals surface area contributed by atoms with Crippen molar-refractivity contribution in [3.8, 4) is 0 Å². The predicted molar refractivity (Wildman–Crippen MR) is 119 cm³/mol. The minimum atomic E-state index is -0.854. The van der Waals surface area contributed by atoms with E-state index in [0.717, 1.165) is 23.8 Å². The van der Waals surface area contributed by atoms with Crippen molar-refractivity contribution in [1.82, 2.24) is 0 Å². The Bertz CT molecular complexity index is 701. The van der Waals surface area contributed by atoms with Crippen LogP contribution < -0.4 is 0 Å². The lowest BCUT2D eigenvalue weighted by Crippen LogP contribution is -2.35. The summed E-state index contributed by atoms with van der Waals surface area (Å²) in [5, 5.41) is 30.1. The molecule has 0 bridgehead atoms. The first-order chi connectivity index (χ1) is 13.8. The zero-order chi connectivity index (χ0) is 21.2. The van der Waals surface area contributed by atoms with Gasteiger partial charge < -0.3 is 15.3 Å². The second kappa shape index (κ2) is 9.32. The summed E-state index contributed by atoms with van der Waals surface area (Å²) in [5.41, 5.74) is 4.17. The molecule has 3 aliphatic carbocycles. The fourth-order valence-electron chi connectivity index (χ4n) is 6.38. The molecule has 0 radical (unpaired) electrons. The molecule has 29 heavy (non-hydrogen) atoms. The highest BCUT2D eigenvalue weighted by molar-refractivity contribution is 5.46. The second-order valence-corrected chi connectivity index (χ2v) is 9.78. The molecule has 0 heterocycles. The van der Waals surface area contributed by atoms with Crippen molar-refractivity contribution < 1.29 is 15.3 Å². The molecule has 0 aliphatic heterocycles. The van der Waals surface area contributed by atoms with Gasteiger partial charge >= 0.3 is 0 Å². The standard InChI is InChI=1S/C26H40O3/c1-5-17(2)22-12-13-23-19(8-6-14-26(22,23)4)10-11-20-16-24(28)21(9-7-15-27)25(29)18(20)3/h9-11,17,22-25,27-29H,3,5-8,12-16H2,1-2,4H3/b19-10+,20-11-,21-9+/t17-,22+,23-,24+,25+,26+/m0/s1. The Balaban J connectivity index is 1.80. The smallest absolute Gasteiger partial charge is 0.102 e. The summed E-state index contributed by atoms with van der Waals surface area (Å²) in [5.74, 6) is 2.27. The largest absolute Gasteiger partial charge is 0.396 e. The minimum absolute atomic E-state index is 0.0159. The number of fused-ring (bicyclic) bond motifs is 1. The van der Waals surface area contributed by atoms with Crippen LogP contribution in [0, 0.1) is 23.2 Å². The number of rotatable bonds is 5. The van der Waals surface area contributed by atoms with Gasteiger partial charge in [0.2, 0.25) is 0 Å².